The predicted octanol–water partition coefficient (Wildman–Crippen LogP) is 1.52. The monoisotopic (exact) mass is 214 g/mol. The Morgan fingerprint density at radius 1 is 1.50 bits per heavy atom. The summed E-state index contributed by atoms with van der Waals surface area (Å²) in [7, 11) is 0. The maximum Gasteiger partial charge on any atom is 0.125 e. The van der Waals surface area contributed by atoms with Crippen molar-refractivity contribution in [1.29, 1.82) is 0 Å². The molecule has 0 fully saturated rings. The van der Waals surface area contributed by atoms with E-state index < -0.39 is 6.10 Å². The molecule has 2 N–H and O–H groups in total. The van der Waals surface area contributed by atoms with E-state index in [9.17, 15) is 5.11 Å². The Kier molecular flexibility index (Phi) is 2.63. The molecule has 14 heavy (non-hydrogen) atoms. The Labute approximate surface area is 86.9 Å². The van der Waals surface area contributed by atoms with Gasteiger partial charge in [0.1, 0.15) is 11.9 Å². The van der Waals surface area contributed by atoms with Gasteiger partial charge in [-0.05, 0) is 18.2 Å². The van der Waals surface area contributed by atoms with Crippen LogP contribution in [0.3, 0.4) is 0 Å². The van der Waals surface area contributed by atoms with E-state index in [1.807, 2.05) is 0 Å². The summed E-state index contributed by atoms with van der Waals surface area (Å²) >= 11 is 5.80. The molecule has 0 spiro atoms. The molecule has 0 radical (unpaired) electrons. The number of rotatable bonds is 1. The topological polar surface area (TPSA) is 49.7 Å². The third-order valence-electron chi connectivity index (χ3n) is 2.31. The van der Waals surface area contributed by atoms with Gasteiger partial charge in [0.05, 0.1) is 12.7 Å². The SMILES string of the molecule is OCC1CC(O)c2cc(Cl)ccc2O1. The minimum atomic E-state index is -0.602. The Bertz CT molecular complexity index is 340. The van der Waals surface area contributed by atoms with Crippen LogP contribution in [0, 0.1) is 0 Å². The standard InChI is InChI=1S/C10H11ClO3/c11-6-1-2-10-8(3-6)9(13)4-7(5-12)14-10/h1-3,7,9,12-13H,4-5H2. The first-order chi connectivity index (χ1) is 6.70. The van der Waals surface area contributed by atoms with E-state index in [1.54, 1.807) is 18.2 Å². The fourth-order valence-corrected chi connectivity index (χ4v) is 1.78. The first-order valence-corrected chi connectivity index (χ1v) is 4.83. The third-order valence-corrected chi connectivity index (χ3v) is 2.55. The summed E-state index contributed by atoms with van der Waals surface area (Å²) in [5, 5.41) is 19.2. The van der Waals surface area contributed by atoms with Crippen LogP contribution in [0.5, 0.6) is 5.75 Å². The van der Waals surface area contributed by atoms with Crippen LogP contribution in [0.15, 0.2) is 18.2 Å². The summed E-state index contributed by atoms with van der Waals surface area (Å²) in [6.07, 6.45) is -0.516. The van der Waals surface area contributed by atoms with Gasteiger partial charge in [0, 0.05) is 17.0 Å². The molecule has 1 aromatic carbocycles. The molecule has 2 unspecified atom stereocenters. The molecule has 0 bridgehead atoms. The zero-order valence-electron chi connectivity index (χ0n) is 7.48. The maximum atomic E-state index is 9.74. The average Bonchev–Trinajstić information content (AvgIpc) is 2.19. The van der Waals surface area contributed by atoms with E-state index in [2.05, 4.69) is 0 Å². The molecule has 0 saturated heterocycles. The molecule has 1 aliphatic rings. The predicted molar refractivity (Wildman–Crippen MR) is 52.5 cm³/mol. The van der Waals surface area contributed by atoms with Gasteiger partial charge in [-0.2, -0.15) is 0 Å². The minimum absolute atomic E-state index is 0.0842. The molecular formula is C10H11ClO3. The summed E-state index contributed by atoms with van der Waals surface area (Å²) in [4.78, 5) is 0. The number of hydrogen-bond donors (Lipinski definition) is 2. The molecule has 1 aromatic rings. The van der Waals surface area contributed by atoms with Gasteiger partial charge in [0.15, 0.2) is 0 Å². The summed E-state index contributed by atoms with van der Waals surface area (Å²) in [5.74, 6) is 0.604. The number of ether oxygens (including phenoxy) is 1. The molecule has 4 heteroatoms. The van der Waals surface area contributed by atoms with Gasteiger partial charge >= 0.3 is 0 Å². The quantitative estimate of drug-likeness (QED) is 0.745. The van der Waals surface area contributed by atoms with Crippen molar-refractivity contribution in [3.05, 3.63) is 28.8 Å². The molecule has 0 aromatic heterocycles. The normalized spacial score (nSPS) is 25.4. The second kappa shape index (κ2) is 3.77. The largest absolute Gasteiger partial charge is 0.488 e. The highest BCUT2D eigenvalue weighted by molar-refractivity contribution is 6.30. The zero-order chi connectivity index (χ0) is 10.1. The Morgan fingerprint density at radius 2 is 2.29 bits per heavy atom. The van der Waals surface area contributed by atoms with Crippen LogP contribution in [0.2, 0.25) is 5.02 Å². The molecule has 1 heterocycles. The van der Waals surface area contributed by atoms with Gasteiger partial charge in [-0.3, -0.25) is 0 Å². The van der Waals surface area contributed by atoms with Crippen LogP contribution in [0.4, 0.5) is 0 Å². The van der Waals surface area contributed by atoms with Crippen molar-refractivity contribution in [1.82, 2.24) is 0 Å². The lowest BCUT2D eigenvalue weighted by Crippen LogP contribution is -2.28. The Hall–Kier alpha value is -0.770. The first-order valence-electron chi connectivity index (χ1n) is 4.45. The van der Waals surface area contributed by atoms with Gasteiger partial charge < -0.3 is 14.9 Å². The van der Waals surface area contributed by atoms with E-state index in [-0.39, 0.29) is 12.7 Å². The van der Waals surface area contributed by atoms with Gasteiger partial charge in [0.25, 0.3) is 0 Å². The van der Waals surface area contributed by atoms with E-state index in [0.29, 0.717) is 22.8 Å². The van der Waals surface area contributed by atoms with E-state index in [4.69, 9.17) is 21.4 Å². The number of aliphatic hydroxyl groups excluding tert-OH is 2. The van der Waals surface area contributed by atoms with E-state index in [1.165, 1.54) is 0 Å². The van der Waals surface area contributed by atoms with Crippen LogP contribution >= 0.6 is 11.6 Å². The van der Waals surface area contributed by atoms with Crippen molar-refractivity contribution in [2.45, 2.75) is 18.6 Å². The lowest BCUT2D eigenvalue weighted by molar-refractivity contribution is 0.0333. The van der Waals surface area contributed by atoms with Crippen molar-refractivity contribution < 1.29 is 14.9 Å². The number of hydrogen-bond acceptors (Lipinski definition) is 3. The molecule has 0 saturated carbocycles. The summed E-state index contributed by atoms with van der Waals surface area (Å²) in [5.41, 5.74) is 0.696. The van der Waals surface area contributed by atoms with Gasteiger partial charge in [-0.15, -0.1) is 0 Å². The van der Waals surface area contributed by atoms with Gasteiger partial charge in [-0.1, -0.05) is 11.6 Å². The van der Waals surface area contributed by atoms with Crippen LogP contribution in [-0.2, 0) is 0 Å². The summed E-state index contributed by atoms with van der Waals surface area (Å²) in [6, 6.07) is 5.10. The molecule has 1 aliphatic heterocycles. The smallest absolute Gasteiger partial charge is 0.125 e. The van der Waals surface area contributed by atoms with Crippen molar-refractivity contribution in [2.75, 3.05) is 6.61 Å². The Balaban J connectivity index is 2.35. The zero-order valence-corrected chi connectivity index (χ0v) is 8.24. The first kappa shape index (κ1) is 9.77. The fourth-order valence-electron chi connectivity index (χ4n) is 1.60. The number of benzene rings is 1. The average molecular weight is 215 g/mol. The van der Waals surface area contributed by atoms with Crippen molar-refractivity contribution in [3.63, 3.8) is 0 Å². The second-order valence-corrected chi connectivity index (χ2v) is 3.79. The molecule has 76 valence electrons. The van der Waals surface area contributed by atoms with Gasteiger partial charge in [0.2, 0.25) is 0 Å². The van der Waals surface area contributed by atoms with Crippen LogP contribution < -0.4 is 4.74 Å². The van der Waals surface area contributed by atoms with Crippen molar-refractivity contribution in [2.24, 2.45) is 0 Å². The van der Waals surface area contributed by atoms with E-state index in [0.717, 1.165) is 0 Å². The maximum absolute atomic E-state index is 9.74. The molecule has 3 nitrogen and oxygen atoms in total. The highest BCUT2D eigenvalue weighted by Gasteiger charge is 2.26. The molecule has 2 atom stereocenters. The fraction of sp³-hybridized carbons (Fsp3) is 0.400. The summed E-state index contributed by atoms with van der Waals surface area (Å²) in [6.45, 7) is -0.0842. The van der Waals surface area contributed by atoms with Crippen molar-refractivity contribution in [3.8, 4) is 5.75 Å². The lowest BCUT2D eigenvalue weighted by atomic mass is 9.99. The van der Waals surface area contributed by atoms with Crippen LogP contribution in [0.1, 0.15) is 18.1 Å². The minimum Gasteiger partial charge on any atom is -0.488 e. The second-order valence-electron chi connectivity index (χ2n) is 3.36. The highest BCUT2D eigenvalue weighted by Crippen LogP contribution is 2.36. The van der Waals surface area contributed by atoms with Crippen LogP contribution in [-0.4, -0.2) is 22.9 Å². The molecule has 0 amide bonds. The molecule has 0 aliphatic carbocycles. The lowest BCUT2D eigenvalue weighted by Gasteiger charge is -2.28. The van der Waals surface area contributed by atoms with Gasteiger partial charge in [-0.25, -0.2) is 0 Å². The molecular weight excluding hydrogens is 204 g/mol. The highest BCUT2D eigenvalue weighted by atomic mass is 35.5. The number of aliphatic hydroxyl groups is 2. The molecule has 2 rings (SSSR count). The third kappa shape index (κ3) is 1.71. The van der Waals surface area contributed by atoms with Crippen LogP contribution in [0.25, 0.3) is 0 Å². The van der Waals surface area contributed by atoms with E-state index >= 15 is 0 Å². The Morgan fingerprint density at radius 3 is 3.00 bits per heavy atom. The van der Waals surface area contributed by atoms with Crippen molar-refractivity contribution >= 4 is 11.6 Å². The number of fused-ring (bicyclic) bond motifs is 1. The summed E-state index contributed by atoms with van der Waals surface area (Å²) < 4.78 is 5.44. The number of halogens is 1.